The highest BCUT2D eigenvalue weighted by Gasteiger charge is 2.09. The molecule has 0 aliphatic rings. The highest BCUT2D eigenvalue weighted by Crippen LogP contribution is 1.84. The Hall–Kier alpha value is -0.970. The second-order valence-corrected chi connectivity index (χ2v) is 1.26. The van der Waals surface area contributed by atoms with Gasteiger partial charge >= 0.3 is 0 Å². The van der Waals surface area contributed by atoms with E-state index >= 15 is 0 Å². The Morgan fingerprint density at radius 2 is 2.38 bits per heavy atom. The van der Waals surface area contributed by atoms with Crippen LogP contribution in [0.1, 0.15) is 6.92 Å². The van der Waals surface area contributed by atoms with Gasteiger partial charge in [0.1, 0.15) is 0 Å². The van der Waals surface area contributed by atoms with Crippen molar-refractivity contribution in [1.29, 1.82) is 0 Å². The topological polar surface area (TPSA) is 78.8 Å². The molecule has 1 amide bonds. The molecule has 1 atom stereocenters. The Morgan fingerprint density at radius 3 is 2.50 bits per heavy atom. The van der Waals surface area contributed by atoms with Crippen LogP contribution in [0.3, 0.4) is 0 Å². The van der Waals surface area contributed by atoms with Crippen LogP contribution >= 0.6 is 0 Å². The molecule has 0 bridgehead atoms. The molecule has 46 valence electrons. The van der Waals surface area contributed by atoms with Gasteiger partial charge in [0.15, 0.2) is 6.04 Å². The predicted molar refractivity (Wildman–Crippen MR) is 25.2 cm³/mol. The van der Waals surface area contributed by atoms with E-state index < -0.39 is 11.9 Å². The lowest BCUT2D eigenvalue weighted by Crippen LogP contribution is -2.28. The molecular weight excluding hydrogens is 112 g/mol. The van der Waals surface area contributed by atoms with Gasteiger partial charge in [-0.3, -0.25) is 10.0 Å². The number of nitrogens with one attached hydrogen (secondary N) is 1. The summed E-state index contributed by atoms with van der Waals surface area (Å²) >= 11 is 0. The molecule has 0 spiro atoms. The van der Waals surface area contributed by atoms with E-state index in [1.165, 1.54) is 12.4 Å². The molecule has 0 radical (unpaired) electrons. The second-order valence-electron chi connectivity index (χ2n) is 1.26. The molecule has 2 N–H and O–H groups in total. The van der Waals surface area contributed by atoms with Crippen molar-refractivity contribution in [1.82, 2.24) is 5.48 Å². The third kappa shape index (κ3) is 1.65. The van der Waals surface area contributed by atoms with E-state index in [4.69, 9.17) is 5.21 Å². The van der Waals surface area contributed by atoms with Crippen molar-refractivity contribution in [2.24, 2.45) is 5.18 Å². The van der Waals surface area contributed by atoms with E-state index in [0.717, 1.165) is 0 Å². The van der Waals surface area contributed by atoms with Crippen LogP contribution in [0, 0.1) is 4.91 Å². The van der Waals surface area contributed by atoms with E-state index in [1.807, 2.05) is 0 Å². The summed E-state index contributed by atoms with van der Waals surface area (Å²) in [7, 11) is 0. The van der Waals surface area contributed by atoms with Crippen molar-refractivity contribution in [3.05, 3.63) is 4.91 Å². The Kier molecular flexibility index (Phi) is 2.71. The molecule has 8 heavy (non-hydrogen) atoms. The van der Waals surface area contributed by atoms with Crippen molar-refractivity contribution < 1.29 is 10.0 Å². The van der Waals surface area contributed by atoms with E-state index in [0.29, 0.717) is 0 Å². The average Bonchev–Trinajstić information content (AvgIpc) is 1.84. The van der Waals surface area contributed by atoms with Gasteiger partial charge in [0.05, 0.1) is 0 Å². The molecule has 5 nitrogen and oxygen atoms in total. The normalized spacial score (nSPS) is 12.2. The first kappa shape index (κ1) is 7.03. The van der Waals surface area contributed by atoms with Crippen molar-refractivity contribution in [2.75, 3.05) is 0 Å². The second kappa shape index (κ2) is 3.09. The Bertz CT molecular complexity index is 103. The zero-order valence-electron chi connectivity index (χ0n) is 4.29. The summed E-state index contributed by atoms with van der Waals surface area (Å²) in [6.07, 6.45) is 0. The lowest BCUT2D eigenvalue weighted by Gasteiger charge is -1.95. The number of carbonyl (C=O) groups excluding carboxylic acids is 1. The third-order valence-electron chi connectivity index (χ3n) is 0.648. The Balaban J connectivity index is 3.62. The molecule has 0 saturated carbocycles. The first-order chi connectivity index (χ1) is 3.72. The van der Waals surface area contributed by atoms with Crippen LogP contribution < -0.4 is 5.48 Å². The minimum Gasteiger partial charge on any atom is -0.289 e. The maximum Gasteiger partial charge on any atom is 0.271 e. The molecule has 0 saturated heterocycles. The summed E-state index contributed by atoms with van der Waals surface area (Å²) in [5.41, 5.74) is 1.28. The molecule has 0 aliphatic carbocycles. The van der Waals surface area contributed by atoms with Gasteiger partial charge in [-0.2, -0.15) is 0 Å². The highest BCUT2D eigenvalue weighted by molar-refractivity contribution is 5.80. The minimum absolute atomic E-state index is 0.792. The largest absolute Gasteiger partial charge is 0.289 e. The average molecular weight is 118 g/mol. The van der Waals surface area contributed by atoms with Crippen molar-refractivity contribution in [3.63, 3.8) is 0 Å². The maximum absolute atomic E-state index is 10.1. The van der Waals surface area contributed by atoms with Crippen LogP contribution in [0.2, 0.25) is 0 Å². The first-order valence-electron chi connectivity index (χ1n) is 1.98. The van der Waals surface area contributed by atoms with Crippen molar-refractivity contribution >= 4 is 5.91 Å². The van der Waals surface area contributed by atoms with E-state index in [2.05, 4.69) is 5.18 Å². The molecule has 5 heteroatoms. The highest BCUT2D eigenvalue weighted by atomic mass is 16.5. The Labute approximate surface area is 45.6 Å². The fourth-order valence-corrected chi connectivity index (χ4v) is 0.141. The molecule has 1 unspecified atom stereocenters. The summed E-state index contributed by atoms with van der Waals surface area (Å²) < 4.78 is 0. The number of rotatable bonds is 2. The van der Waals surface area contributed by atoms with Gasteiger partial charge in [0.25, 0.3) is 5.91 Å². The van der Waals surface area contributed by atoms with Gasteiger partial charge in [-0.05, 0) is 6.92 Å². The standard InChI is InChI=1S/C3H6N2O3/c1-2(4-7)3(6)5-8/h2,8H,1H3,(H,5,6). The molecule has 0 aromatic rings. The van der Waals surface area contributed by atoms with Crippen molar-refractivity contribution in [3.8, 4) is 0 Å². The van der Waals surface area contributed by atoms with Crippen LogP contribution in [0.25, 0.3) is 0 Å². The number of hydrogen-bond acceptors (Lipinski definition) is 4. The zero-order valence-corrected chi connectivity index (χ0v) is 4.29. The lowest BCUT2D eigenvalue weighted by atomic mass is 10.4. The number of hydroxylamine groups is 1. The summed E-state index contributed by atoms with van der Waals surface area (Å²) in [6.45, 7) is 1.28. The molecule has 0 aromatic heterocycles. The van der Waals surface area contributed by atoms with Crippen LogP contribution in [0.4, 0.5) is 0 Å². The SMILES string of the molecule is CC(N=O)C(=O)NO. The number of hydrogen-bond donors (Lipinski definition) is 2. The summed E-state index contributed by atoms with van der Waals surface area (Å²) in [5, 5.41) is 10.2. The third-order valence-corrected chi connectivity index (χ3v) is 0.648. The molecular formula is C3H6N2O3. The fraction of sp³-hybridized carbons (Fsp3) is 0.667. The molecule has 0 aromatic carbocycles. The Morgan fingerprint density at radius 1 is 1.88 bits per heavy atom. The van der Waals surface area contributed by atoms with Gasteiger partial charge in [0.2, 0.25) is 0 Å². The minimum atomic E-state index is -1.01. The van der Waals surface area contributed by atoms with Gasteiger partial charge in [-0.15, -0.1) is 4.91 Å². The summed E-state index contributed by atoms with van der Waals surface area (Å²) in [6, 6.07) is -1.01. The summed E-state index contributed by atoms with van der Waals surface area (Å²) in [4.78, 5) is 19.6. The fourth-order valence-electron chi connectivity index (χ4n) is 0.141. The smallest absolute Gasteiger partial charge is 0.271 e. The van der Waals surface area contributed by atoms with E-state index in [1.54, 1.807) is 0 Å². The quantitative estimate of drug-likeness (QED) is 0.295. The molecule has 0 fully saturated rings. The van der Waals surface area contributed by atoms with Gasteiger partial charge in [-0.25, -0.2) is 5.48 Å². The first-order valence-corrected chi connectivity index (χ1v) is 1.98. The summed E-state index contributed by atoms with van der Waals surface area (Å²) in [5.74, 6) is -0.792. The number of amides is 1. The number of carbonyl (C=O) groups is 1. The molecule has 0 rings (SSSR count). The van der Waals surface area contributed by atoms with E-state index in [9.17, 15) is 9.70 Å². The molecule has 0 aliphatic heterocycles. The van der Waals surface area contributed by atoms with Crippen LogP contribution in [0.15, 0.2) is 5.18 Å². The van der Waals surface area contributed by atoms with Crippen LogP contribution in [-0.4, -0.2) is 17.2 Å². The van der Waals surface area contributed by atoms with Gasteiger partial charge in [0, 0.05) is 0 Å². The van der Waals surface area contributed by atoms with Crippen LogP contribution in [0.5, 0.6) is 0 Å². The van der Waals surface area contributed by atoms with Gasteiger partial charge < -0.3 is 0 Å². The number of nitroso groups, excluding NO2 is 1. The molecule has 0 heterocycles. The van der Waals surface area contributed by atoms with Gasteiger partial charge in [-0.1, -0.05) is 5.18 Å². The zero-order chi connectivity index (χ0) is 6.57. The number of nitrogens with zero attached hydrogens (tertiary/aromatic N) is 1. The van der Waals surface area contributed by atoms with Crippen molar-refractivity contribution in [2.45, 2.75) is 13.0 Å². The maximum atomic E-state index is 10.1. The monoisotopic (exact) mass is 118 g/mol. The van der Waals surface area contributed by atoms with E-state index in [-0.39, 0.29) is 0 Å². The predicted octanol–water partition coefficient (Wildman–Crippen LogP) is -0.353. The van der Waals surface area contributed by atoms with Crippen LogP contribution in [-0.2, 0) is 4.79 Å². The lowest BCUT2D eigenvalue weighted by molar-refractivity contribution is -0.130.